The monoisotopic (exact) mass is 538 g/mol. The smallest absolute Gasteiger partial charge is 0.305 e. The molecule has 0 fully saturated rings. The van der Waals surface area contributed by atoms with Crippen LogP contribution in [0, 0.1) is 0 Å². The summed E-state index contributed by atoms with van der Waals surface area (Å²) < 4.78 is 69.3. The van der Waals surface area contributed by atoms with Gasteiger partial charge in [0, 0.05) is 6.54 Å². The molecule has 3 aromatic rings. The Morgan fingerprint density at radius 1 is 1.09 bits per heavy atom. The van der Waals surface area contributed by atoms with Crippen LogP contribution in [-0.2, 0) is 29.2 Å². The van der Waals surface area contributed by atoms with Crippen molar-refractivity contribution >= 4 is 45.0 Å². The Bertz CT molecular complexity index is 1230. The van der Waals surface area contributed by atoms with E-state index in [0.717, 1.165) is 12.1 Å². The Labute approximate surface area is 203 Å². The summed E-state index contributed by atoms with van der Waals surface area (Å²) in [4.78, 5) is -0.109. The van der Waals surface area contributed by atoms with E-state index in [-0.39, 0.29) is 21.4 Å². The zero-order chi connectivity index (χ0) is 24.4. The molecule has 0 amide bonds. The van der Waals surface area contributed by atoms with Gasteiger partial charge in [-0.15, -0.1) is 10.2 Å². The maximum Gasteiger partial charge on any atom is 0.416 e. The minimum Gasteiger partial charge on any atom is -0.305 e. The molecule has 2 aromatic carbocycles. The summed E-state index contributed by atoms with van der Waals surface area (Å²) in [6.45, 7) is 2.33. The van der Waals surface area contributed by atoms with Crippen LogP contribution in [0.5, 0.6) is 0 Å². The first kappa shape index (κ1) is 25.8. The van der Waals surface area contributed by atoms with Gasteiger partial charge in [0.2, 0.25) is 10.0 Å². The molecule has 1 aromatic heterocycles. The van der Waals surface area contributed by atoms with Crippen LogP contribution in [0.2, 0.25) is 10.0 Å². The molecule has 1 heterocycles. The molecular formula is C20H19Cl2F3N4O2S2. The zero-order valence-corrected chi connectivity index (χ0v) is 20.5. The second kappa shape index (κ2) is 10.2. The molecule has 0 aliphatic rings. The number of thioether (sulfide) groups is 1. The second-order valence-corrected chi connectivity index (χ2v) is 10.2. The van der Waals surface area contributed by atoms with E-state index >= 15 is 0 Å². The SMILES string of the molecule is CCn1c(SC)nnc1C(Cc1ccc(C(F)(F)F)cc1)NS(=O)(=O)c1ccc(Cl)c(Cl)c1. The van der Waals surface area contributed by atoms with Gasteiger partial charge in [0.25, 0.3) is 0 Å². The van der Waals surface area contributed by atoms with Crippen LogP contribution in [0.4, 0.5) is 13.2 Å². The van der Waals surface area contributed by atoms with Crippen LogP contribution in [-0.4, -0.2) is 29.4 Å². The van der Waals surface area contributed by atoms with Gasteiger partial charge in [0.15, 0.2) is 11.0 Å². The van der Waals surface area contributed by atoms with Crippen molar-refractivity contribution < 1.29 is 21.6 Å². The fraction of sp³-hybridized carbons (Fsp3) is 0.300. The van der Waals surface area contributed by atoms with E-state index < -0.39 is 27.8 Å². The van der Waals surface area contributed by atoms with Crippen LogP contribution >= 0.6 is 35.0 Å². The minimum absolute atomic E-state index is 0.0468. The predicted octanol–water partition coefficient (Wildman–Crippen LogP) is 5.61. The summed E-state index contributed by atoms with van der Waals surface area (Å²) >= 11 is 13.2. The van der Waals surface area contributed by atoms with Crippen molar-refractivity contribution in [1.82, 2.24) is 19.5 Å². The quantitative estimate of drug-likeness (QED) is 0.377. The van der Waals surface area contributed by atoms with E-state index in [1.54, 1.807) is 4.57 Å². The molecule has 0 spiro atoms. The molecule has 1 atom stereocenters. The highest BCUT2D eigenvalue weighted by atomic mass is 35.5. The number of sulfonamides is 1. The lowest BCUT2D eigenvalue weighted by Crippen LogP contribution is -2.32. The van der Waals surface area contributed by atoms with Gasteiger partial charge in [0.05, 0.1) is 26.5 Å². The fourth-order valence-electron chi connectivity index (χ4n) is 3.16. The van der Waals surface area contributed by atoms with Crippen molar-refractivity contribution in [2.75, 3.05) is 6.26 Å². The molecule has 3 rings (SSSR count). The van der Waals surface area contributed by atoms with Crippen molar-refractivity contribution in [2.45, 2.75) is 42.2 Å². The van der Waals surface area contributed by atoms with Gasteiger partial charge in [0.1, 0.15) is 0 Å². The summed E-state index contributed by atoms with van der Waals surface area (Å²) in [6.07, 6.45) is -2.61. The lowest BCUT2D eigenvalue weighted by molar-refractivity contribution is -0.137. The maximum absolute atomic E-state index is 13.1. The number of hydrogen-bond donors (Lipinski definition) is 1. The van der Waals surface area contributed by atoms with Crippen LogP contribution in [0.15, 0.2) is 52.5 Å². The highest BCUT2D eigenvalue weighted by Gasteiger charge is 2.31. The Hall–Kier alpha value is -1.79. The maximum atomic E-state index is 13.1. The van der Waals surface area contributed by atoms with Gasteiger partial charge < -0.3 is 4.57 Å². The molecule has 0 saturated heterocycles. The number of benzene rings is 2. The van der Waals surface area contributed by atoms with Gasteiger partial charge in [-0.1, -0.05) is 47.1 Å². The Balaban J connectivity index is 2.00. The van der Waals surface area contributed by atoms with E-state index in [1.165, 1.54) is 42.1 Å². The molecule has 6 nitrogen and oxygen atoms in total. The topological polar surface area (TPSA) is 76.9 Å². The summed E-state index contributed by atoms with van der Waals surface area (Å²) in [5.74, 6) is 0.338. The summed E-state index contributed by atoms with van der Waals surface area (Å²) in [7, 11) is -4.08. The van der Waals surface area contributed by atoms with Gasteiger partial charge >= 0.3 is 6.18 Å². The van der Waals surface area contributed by atoms with Crippen LogP contribution < -0.4 is 4.72 Å². The van der Waals surface area contributed by atoms with E-state index in [2.05, 4.69) is 14.9 Å². The molecule has 33 heavy (non-hydrogen) atoms. The fourth-order valence-corrected chi connectivity index (χ4v) is 5.30. The Morgan fingerprint density at radius 2 is 1.76 bits per heavy atom. The van der Waals surface area contributed by atoms with Crippen molar-refractivity contribution in [3.63, 3.8) is 0 Å². The van der Waals surface area contributed by atoms with Crippen LogP contribution in [0.3, 0.4) is 0 Å². The highest BCUT2D eigenvalue weighted by Crippen LogP contribution is 2.31. The second-order valence-electron chi connectivity index (χ2n) is 6.94. The van der Waals surface area contributed by atoms with Crippen LogP contribution in [0.1, 0.15) is 29.9 Å². The van der Waals surface area contributed by atoms with Crippen molar-refractivity contribution in [2.24, 2.45) is 0 Å². The predicted molar refractivity (Wildman–Crippen MR) is 122 cm³/mol. The Morgan fingerprint density at radius 3 is 2.30 bits per heavy atom. The molecule has 13 heteroatoms. The molecule has 1 N–H and O–H groups in total. The molecule has 0 bridgehead atoms. The standard InChI is InChI=1S/C20H19Cl2F3N4O2S2/c1-3-29-18(26-27-19(29)32-2)17(10-12-4-6-13(7-5-12)20(23,24)25)28-33(30,31)14-8-9-15(21)16(22)11-14/h4-9,11,17,28H,3,10H2,1-2H3. The van der Waals surface area contributed by atoms with Crippen molar-refractivity contribution in [1.29, 1.82) is 0 Å². The first-order valence-corrected chi connectivity index (χ1v) is 13.0. The third kappa shape index (κ3) is 6.02. The number of halogens is 5. The van der Waals surface area contributed by atoms with Gasteiger partial charge in [-0.3, -0.25) is 0 Å². The summed E-state index contributed by atoms with van der Waals surface area (Å²) in [5.41, 5.74) is -0.304. The van der Waals surface area contributed by atoms with E-state index in [4.69, 9.17) is 23.2 Å². The number of nitrogens with one attached hydrogen (secondary N) is 1. The average Bonchev–Trinajstić information content (AvgIpc) is 3.18. The van der Waals surface area contributed by atoms with Crippen LogP contribution in [0.25, 0.3) is 0 Å². The lowest BCUT2D eigenvalue weighted by Gasteiger charge is -2.20. The molecule has 0 saturated carbocycles. The molecular weight excluding hydrogens is 520 g/mol. The zero-order valence-electron chi connectivity index (χ0n) is 17.4. The normalized spacial score (nSPS) is 13.3. The van der Waals surface area contributed by atoms with Gasteiger partial charge in [-0.2, -0.15) is 13.2 Å². The number of alkyl halides is 3. The molecule has 0 aliphatic carbocycles. The number of aromatic nitrogens is 3. The van der Waals surface area contributed by atoms with Crippen molar-refractivity contribution in [3.8, 4) is 0 Å². The third-order valence-corrected chi connectivity index (χ3v) is 7.65. The third-order valence-electron chi connectivity index (χ3n) is 4.78. The minimum atomic E-state index is -4.47. The van der Waals surface area contributed by atoms with E-state index in [1.807, 2.05) is 13.2 Å². The van der Waals surface area contributed by atoms with E-state index in [9.17, 15) is 21.6 Å². The number of nitrogens with zero attached hydrogens (tertiary/aromatic N) is 3. The van der Waals surface area contributed by atoms with E-state index in [0.29, 0.717) is 23.1 Å². The molecule has 1 unspecified atom stereocenters. The Kier molecular flexibility index (Phi) is 8.00. The highest BCUT2D eigenvalue weighted by molar-refractivity contribution is 7.98. The molecule has 0 aliphatic heterocycles. The van der Waals surface area contributed by atoms with Gasteiger partial charge in [-0.25, -0.2) is 13.1 Å². The van der Waals surface area contributed by atoms with Crippen molar-refractivity contribution in [3.05, 3.63) is 69.5 Å². The number of hydrogen-bond acceptors (Lipinski definition) is 5. The number of rotatable bonds is 8. The summed E-state index contributed by atoms with van der Waals surface area (Å²) in [5, 5.41) is 9.11. The molecule has 178 valence electrons. The first-order chi connectivity index (χ1) is 15.5. The lowest BCUT2D eigenvalue weighted by atomic mass is 10.0. The average molecular weight is 539 g/mol. The first-order valence-electron chi connectivity index (χ1n) is 9.57. The summed E-state index contributed by atoms with van der Waals surface area (Å²) in [6, 6.07) is 7.52. The molecule has 0 radical (unpaired) electrons. The largest absolute Gasteiger partial charge is 0.416 e. The van der Waals surface area contributed by atoms with Gasteiger partial charge in [-0.05, 0) is 55.5 Å².